The fraction of sp³-hybridized carbons (Fsp3) is 0.353. The summed E-state index contributed by atoms with van der Waals surface area (Å²) < 4.78 is 65.0. The van der Waals surface area contributed by atoms with E-state index in [1.807, 2.05) is 0 Å². The maximum atomic E-state index is 13.1. The van der Waals surface area contributed by atoms with Crippen molar-refractivity contribution in [1.29, 1.82) is 5.41 Å². The molecule has 0 spiro atoms. The Morgan fingerprint density at radius 3 is 2.50 bits per heavy atom. The molecule has 28 heavy (non-hydrogen) atoms. The molecule has 2 N–H and O–H groups in total. The van der Waals surface area contributed by atoms with Crippen LogP contribution in [0.3, 0.4) is 0 Å². The molecule has 1 aliphatic rings. The van der Waals surface area contributed by atoms with E-state index in [0.29, 0.717) is 20.9 Å². The third-order valence-electron chi connectivity index (χ3n) is 4.47. The van der Waals surface area contributed by atoms with E-state index in [9.17, 15) is 21.6 Å². The Kier molecular flexibility index (Phi) is 4.96. The highest BCUT2D eigenvalue weighted by atomic mass is 35.5. The molecular formula is C17H17ClF3N3O2S2. The van der Waals surface area contributed by atoms with Crippen molar-refractivity contribution in [3.8, 4) is 10.4 Å². The van der Waals surface area contributed by atoms with Crippen molar-refractivity contribution >= 4 is 38.9 Å². The van der Waals surface area contributed by atoms with Crippen molar-refractivity contribution < 1.29 is 21.6 Å². The predicted molar refractivity (Wildman–Crippen MR) is 104 cm³/mol. The van der Waals surface area contributed by atoms with E-state index in [1.165, 1.54) is 13.1 Å². The lowest BCUT2D eigenvalue weighted by atomic mass is 10.0. The minimum atomic E-state index is -4.48. The maximum absolute atomic E-state index is 13.1. The van der Waals surface area contributed by atoms with Gasteiger partial charge in [-0.3, -0.25) is 5.41 Å². The molecule has 5 nitrogen and oxygen atoms in total. The molecule has 11 heteroatoms. The van der Waals surface area contributed by atoms with Gasteiger partial charge in [0.15, 0.2) is 0 Å². The molecule has 2 aromatic rings. The van der Waals surface area contributed by atoms with Crippen molar-refractivity contribution in [1.82, 2.24) is 9.62 Å². The zero-order chi connectivity index (χ0) is 21.1. The van der Waals surface area contributed by atoms with Gasteiger partial charge >= 0.3 is 6.18 Å². The summed E-state index contributed by atoms with van der Waals surface area (Å²) in [4.78, 5) is 0.931. The van der Waals surface area contributed by atoms with Crippen molar-refractivity contribution in [2.75, 3.05) is 12.8 Å². The summed E-state index contributed by atoms with van der Waals surface area (Å²) in [6.07, 6.45) is -4.48. The summed E-state index contributed by atoms with van der Waals surface area (Å²) >= 11 is 7.44. The van der Waals surface area contributed by atoms with Crippen LogP contribution in [0.2, 0.25) is 5.02 Å². The van der Waals surface area contributed by atoms with Crippen LogP contribution in [0, 0.1) is 12.3 Å². The first-order chi connectivity index (χ1) is 12.7. The summed E-state index contributed by atoms with van der Waals surface area (Å²) in [5, 5.41) is 11.0. The van der Waals surface area contributed by atoms with Crippen LogP contribution in [0.15, 0.2) is 24.3 Å². The van der Waals surface area contributed by atoms with Gasteiger partial charge in [-0.2, -0.15) is 13.2 Å². The van der Waals surface area contributed by atoms with Crippen molar-refractivity contribution in [2.24, 2.45) is 0 Å². The molecule has 1 aromatic carbocycles. The van der Waals surface area contributed by atoms with Crippen LogP contribution in [-0.2, 0) is 21.7 Å². The topological polar surface area (TPSA) is 73.3 Å². The normalized spacial score (nSPS) is 22.2. The zero-order valence-corrected chi connectivity index (χ0v) is 17.5. The third-order valence-corrected chi connectivity index (χ3v) is 8.29. The molecule has 0 bridgehead atoms. The molecule has 152 valence electrons. The Morgan fingerprint density at radius 2 is 1.93 bits per heavy atom. The van der Waals surface area contributed by atoms with Gasteiger partial charge in [0.2, 0.25) is 16.0 Å². The maximum Gasteiger partial charge on any atom is 0.416 e. The number of alkyl halides is 3. The molecule has 3 rings (SSSR count). The van der Waals surface area contributed by atoms with Gasteiger partial charge in [-0.15, -0.1) is 11.3 Å². The number of guanidine groups is 1. The highest BCUT2D eigenvalue weighted by Gasteiger charge is 2.44. The number of rotatable bonds is 2. The van der Waals surface area contributed by atoms with Crippen LogP contribution in [0.1, 0.15) is 22.9 Å². The lowest BCUT2D eigenvalue weighted by Crippen LogP contribution is -2.60. The standard InChI is InChI=1S/C17H17ClF3N3O2S2/c1-9-4-10(6-11(5-9)17(19,20)21)13-7-12(18)14(27-13)16(2)8-28(25,26)24(3)15(22)23-16/h4-7H,8H2,1-3H3,(H2,22,23)/t16-/m0/s1. The Labute approximate surface area is 169 Å². The van der Waals surface area contributed by atoms with Gasteiger partial charge in [-0.1, -0.05) is 17.7 Å². The Morgan fingerprint density at radius 1 is 1.29 bits per heavy atom. The van der Waals surface area contributed by atoms with E-state index in [1.54, 1.807) is 19.9 Å². The molecular weight excluding hydrogens is 435 g/mol. The molecule has 0 aliphatic carbocycles. The lowest BCUT2D eigenvalue weighted by molar-refractivity contribution is -0.137. The summed E-state index contributed by atoms with van der Waals surface area (Å²) in [5.74, 6) is -0.630. The summed E-state index contributed by atoms with van der Waals surface area (Å²) in [7, 11) is -2.45. The number of aryl methyl sites for hydroxylation is 1. The van der Waals surface area contributed by atoms with E-state index in [2.05, 4.69) is 5.32 Å². The fourth-order valence-electron chi connectivity index (χ4n) is 3.08. The predicted octanol–water partition coefficient (Wildman–Crippen LogP) is 4.41. The highest BCUT2D eigenvalue weighted by molar-refractivity contribution is 7.89. The number of hydrogen-bond donors (Lipinski definition) is 2. The molecule has 0 radical (unpaired) electrons. The Balaban J connectivity index is 2.08. The first-order valence-corrected chi connectivity index (χ1v) is 10.9. The lowest BCUT2D eigenvalue weighted by Gasteiger charge is -2.39. The number of halogens is 4. The number of hydrogen-bond acceptors (Lipinski definition) is 4. The molecule has 1 aliphatic heterocycles. The second kappa shape index (κ2) is 6.64. The van der Waals surface area contributed by atoms with E-state index in [4.69, 9.17) is 17.0 Å². The average Bonchev–Trinajstić information content (AvgIpc) is 2.93. The van der Waals surface area contributed by atoms with Crippen LogP contribution in [0.25, 0.3) is 10.4 Å². The number of benzene rings is 1. The largest absolute Gasteiger partial charge is 0.416 e. The molecule has 1 atom stereocenters. The second-order valence-corrected chi connectivity index (χ2v) is 10.4. The highest BCUT2D eigenvalue weighted by Crippen LogP contribution is 2.43. The molecule has 1 fully saturated rings. The zero-order valence-electron chi connectivity index (χ0n) is 15.1. The molecule has 0 amide bonds. The molecule has 2 heterocycles. The van der Waals surface area contributed by atoms with Crippen molar-refractivity contribution in [3.63, 3.8) is 0 Å². The van der Waals surface area contributed by atoms with E-state index >= 15 is 0 Å². The van der Waals surface area contributed by atoms with Gasteiger partial charge in [0.05, 0.1) is 26.8 Å². The van der Waals surface area contributed by atoms with E-state index in [-0.39, 0.29) is 16.7 Å². The number of sulfonamides is 1. The van der Waals surface area contributed by atoms with Gasteiger partial charge < -0.3 is 5.32 Å². The van der Waals surface area contributed by atoms with Crippen molar-refractivity contribution in [2.45, 2.75) is 25.6 Å². The van der Waals surface area contributed by atoms with Crippen LogP contribution in [0.5, 0.6) is 0 Å². The SMILES string of the molecule is Cc1cc(-c2cc(Cl)c([C@]3(C)CS(=O)(=O)N(C)C(=N)N3)s2)cc(C(F)(F)F)c1. The quantitative estimate of drug-likeness (QED) is 0.710. The van der Waals surface area contributed by atoms with Crippen LogP contribution in [-0.4, -0.2) is 31.5 Å². The summed E-state index contributed by atoms with van der Waals surface area (Å²) in [6, 6.07) is 5.25. The Bertz CT molecular complexity index is 1070. The number of nitrogens with zero attached hydrogens (tertiary/aromatic N) is 1. The van der Waals surface area contributed by atoms with Gasteiger partial charge in [-0.25, -0.2) is 12.7 Å². The first-order valence-electron chi connectivity index (χ1n) is 8.05. The summed E-state index contributed by atoms with van der Waals surface area (Å²) in [5.41, 5.74) is -1.13. The van der Waals surface area contributed by atoms with E-state index < -0.39 is 27.3 Å². The summed E-state index contributed by atoms with van der Waals surface area (Å²) in [6.45, 7) is 3.17. The van der Waals surface area contributed by atoms with Crippen LogP contribution in [0.4, 0.5) is 13.2 Å². The van der Waals surface area contributed by atoms with E-state index in [0.717, 1.165) is 27.8 Å². The van der Waals surface area contributed by atoms with Gasteiger partial charge in [0, 0.05) is 11.9 Å². The van der Waals surface area contributed by atoms with Crippen LogP contribution < -0.4 is 5.32 Å². The number of nitrogens with one attached hydrogen (secondary N) is 2. The van der Waals surface area contributed by atoms with Gasteiger partial charge in [0.1, 0.15) is 0 Å². The number of thiophene rings is 1. The minimum absolute atomic E-state index is 0.234. The van der Waals surface area contributed by atoms with Crippen LogP contribution >= 0.6 is 22.9 Å². The van der Waals surface area contributed by atoms with Gasteiger partial charge in [0.25, 0.3) is 0 Å². The minimum Gasteiger partial charge on any atom is -0.344 e. The Hall–Kier alpha value is -1.78. The third kappa shape index (κ3) is 3.72. The average molecular weight is 452 g/mol. The molecule has 1 saturated heterocycles. The van der Waals surface area contributed by atoms with Crippen molar-refractivity contribution in [3.05, 3.63) is 45.3 Å². The molecule has 0 unspecified atom stereocenters. The first kappa shape index (κ1) is 20.9. The van der Waals surface area contributed by atoms with Gasteiger partial charge in [-0.05, 0) is 43.2 Å². The molecule has 1 aromatic heterocycles. The smallest absolute Gasteiger partial charge is 0.344 e. The monoisotopic (exact) mass is 451 g/mol. The second-order valence-electron chi connectivity index (χ2n) is 6.90. The molecule has 0 saturated carbocycles. The fourth-order valence-corrected chi connectivity index (χ4v) is 6.27.